The van der Waals surface area contributed by atoms with Gasteiger partial charge in [0.2, 0.25) is 0 Å². The van der Waals surface area contributed by atoms with Crippen molar-refractivity contribution < 1.29 is 4.79 Å². The van der Waals surface area contributed by atoms with Crippen molar-refractivity contribution in [3.8, 4) is 0 Å². The van der Waals surface area contributed by atoms with Crippen LogP contribution in [0.3, 0.4) is 0 Å². The second-order valence-electron chi connectivity index (χ2n) is 4.38. The van der Waals surface area contributed by atoms with Crippen LogP contribution in [0.1, 0.15) is 18.9 Å². The molecule has 0 atom stereocenters. The van der Waals surface area contributed by atoms with Crippen molar-refractivity contribution in [3.63, 3.8) is 0 Å². The van der Waals surface area contributed by atoms with Crippen molar-refractivity contribution in [2.45, 2.75) is 19.8 Å². The van der Waals surface area contributed by atoms with Gasteiger partial charge in [0.1, 0.15) is 6.29 Å². The molecule has 0 amide bonds. The lowest BCUT2D eigenvalue weighted by Crippen LogP contribution is -2.06. The lowest BCUT2D eigenvalue weighted by atomic mass is 10.0. The van der Waals surface area contributed by atoms with Crippen molar-refractivity contribution in [3.05, 3.63) is 59.3 Å². The number of hydrogen-bond donors (Lipinski definition) is 1. The minimum absolute atomic E-state index is 0.632. The fourth-order valence-electron chi connectivity index (χ4n) is 2.07. The molecule has 0 aliphatic heterocycles. The summed E-state index contributed by atoms with van der Waals surface area (Å²) in [5.74, 6) is 0. The van der Waals surface area contributed by atoms with E-state index in [0.717, 1.165) is 11.8 Å². The van der Waals surface area contributed by atoms with Crippen LogP contribution in [0.15, 0.2) is 53.7 Å². The van der Waals surface area contributed by atoms with Crippen molar-refractivity contribution in [2.75, 3.05) is 0 Å². The van der Waals surface area contributed by atoms with Crippen molar-refractivity contribution >= 4 is 17.1 Å². The molecule has 0 radical (unpaired) electrons. The van der Waals surface area contributed by atoms with Crippen LogP contribution in [0.5, 0.6) is 0 Å². The zero-order chi connectivity index (χ0) is 13.0. The molecule has 2 rings (SSSR count). The molecule has 0 unspecified atom stereocenters. The average Bonchev–Trinajstić information content (AvgIpc) is 2.40. The summed E-state index contributed by atoms with van der Waals surface area (Å²) < 4.78 is 0. The van der Waals surface area contributed by atoms with Crippen LogP contribution in [-0.2, 0) is 11.2 Å². The Labute approximate surface area is 107 Å². The lowest BCUT2D eigenvalue weighted by molar-refractivity contribution is -0.105. The monoisotopic (exact) mass is 239 g/mol. The number of carbonyl (C=O) groups excluding carboxylic acids is 1. The topological polar surface area (TPSA) is 43.1 Å². The SMILES string of the molecule is CC/C(C=O)=C(\N)Cc1ccc2ccccc2c1. The Kier molecular flexibility index (Phi) is 3.78. The van der Waals surface area contributed by atoms with Gasteiger partial charge < -0.3 is 5.73 Å². The molecule has 0 heterocycles. The van der Waals surface area contributed by atoms with E-state index in [1.165, 1.54) is 10.8 Å². The van der Waals surface area contributed by atoms with Gasteiger partial charge in [-0.3, -0.25) is 4.79 Å². The van der Waals surface area contributed by atoms with E-state index in [0.29, 0.717) is 24.1 Å². The zero-order valence-electron chi connectivity index (χ0n) is 10.5. The van der Waals surface area contributed by atoms with Gasteiger partial charge in [0.25, 0.3) is 0 Å². The molecule has 0 bridgehead atoms. The van der Waals surface area contributed by atoms with E-state index in [1.54, 1.807) is 0 Å². The summed E-state index contributed by atoms with van der Waals surface area (Å²) >= 11 is 0. The number of rotatable bonds is 4. The first-order chi connectivity index (χ1) is 8.74. The van der Waals surface area contributed by atoms with E-state index >= 15 is 0 Å². The van der Waals surface area contributed by atoms with Crippen LogP contribution in [0.4, 0.5) is 0 Å². The highest BCUT2D eigenvalue weighted by Gasteiger charge is 2.03. The molecule has 18 heavy (non-hydrogen) atoms. The third-order valence-corrected chi connectivity index (χ3v) is 3.14. The Balaban J connectivity index is 2.32. The summed E-state index contributed by atoms with van der Waals surface area (Å²) in [6, 6.07) is 14.5. The molecule has 0 saturated carbocycles. The van der Waals surface area contributed by atoms with Gasteiger partial charge in [0, 0.05) is 17.7 Å². The van der Waals surface area contributed by atoms with Crippen LogP contribution in [0, 0.1) is 0 Å². The van der Waals surface area contributed by atoms with E-state index in [2.05, 4.69) is 30.3 Å². The molecule has 2 aromatic carbocycles. The molecule has 0 fully saturated rings. The molecule has 2 nitrogen and oxygen atoms in total. The van der Waals surface area contributed by atoms with Gasteiger partial charge in [-0.2, -0.15) is 0 Å². The maximum Gasteiger partial charge on any atom is 0.147 e. The Morgan fingerprint density at radius 2 is 1.89 bits per heavy atom. The van der Waals surface area contributed by atoms with Gasteiger partial charge in [-0.1, -0.05) is 49.4 Å². The van der Waals surface area contributed by atoms with Crippen molar-refractivity contribution in [2.24, 2.45) is 5.73 Å². The van der Waals surface area contributed by atoms with Crippen LogP contribution >= 0.6 is 0 Å². The van der Waals surface area contributed by atoms with Crippen molar-refractivity contribution in [1.29, 1.82) is 0 Å². The predicted octanol–water partition coefficient (Wildman–Crippen LogP) is 3.20. The number of benzene rings is 2. The van der Waals surface area contributed by atoms with E-state index in [4.69, 9.17) is 5.73 Å². The lowest BCUT2D eigenvalue weighted by Gasteiger charge is -2.06. The number of allylic oxidation sites excluding steroid dienone is 2. The van der Waals surface area contributed by atoms with Gasteiger partial charge in [0.05, 0.1) is 0 Å². The summed E-state index contributed by atoms with van der Waals surface area (Å²) in [5, 5.41) is 2.42. The van der Waals surface area contributed by atoms with E-state index in [1.807, 2.05) is 19.1 Å². The van der Waals surface area contributed by atoms with Gasteiger partial charge >= 0.3 is 0 Å². The Bertz CT molecular complexity index is 599. The van der Waals surface area contributed by atoms with Gasteiger partial charge in [-0.05, 0) is 22.8 Å². The molecular formula is C16H17NO. The summed E-state index contributed by atoms with van der Waals surface area (Å²) in [6.45, 7) is 1.94. The molecule has 0 aromatic heterocycles. The molecule has 0 aliphatic rings. The Hall–Kier alpha value is -2.09. The Morgan fingerprint density at radius 1 is 1.17 bits per heavy atom. The van der Waals surface area contributed by atoms with Crippen LogP contribution < -0.4 is 5.73 Å². The number of carbonyl (C=O) groups is 1. The Morgan fingerprint density at radius 3 is 2.56 bits per heavy atom. The van der Waals surface area contributed by atoms with E-state index in [-0.39, 0.29) is 0 Å². The predicted molar refractivity (Wildman–Crippen MR) is 75.2 cm³/mol. The first-order valence-electron chi connectivity index (χ1n) is 6.15. The number of aldehydes is 1. The number of nitrogens with two attached hydrogens (primary N) is 1. The highest BCUT2D eigenvalue weighted by atomic mass is 16.1. The van der Waals surface area contributed by atoms with Gasteiger partial charge in [-0.15, -0.1) is 0 Å². The summed E-state index contributed by atoms with van der Waals surface area (Å²) in [6.07, 6.45) is 2.17. The molecule has 0 spiro atoms. The second-order valence-corrected chi connectivity index (χ2v) is 4.38. The molecule has 92 valence electrons. The minimum Gasteiger partial charge on any atom is -0.401 e. The molecule has 2 heteroatoms. The highest BCUT2D eigenvalue weighted by molar-refractivity contribution is 5.83. The molecule has 2 aromatic rings. The molecular weight excluding hydrogens is 222 g/mol. The van der Waals surface area contributed by atoms with Crippen LogP contribution in [0.2, 0.25) is 0 Å². The molecule has 2 N–H and O–H groups in total. The maximum atomic E-state index is 10.8. The zero-order valence-corrected chi connectivity index (χ0v) is 10.5. The fourth-order valence-corrected chi connectivity index (χ4v) is 2.07. The standard InChI is InChI=1S/C16H17NO/c1-2-13(11-18)16(17)10-12-7-8-14-5-3-4-6-15(14)9-12/h3-9,11H,2,10,17H2,1H3/b16-13+. The summed E-state index contributed by atoms with van der Waals surface area (Å²) in [7, 11) is 0. The smallest absolute Gasteiger partial charge is 0.147 e. The largest absolute Gasteiger partial charge is 0.401 e. The first-order valence-corrected chi connectivity index (χ1v) is 6.15. The average molecular weight is 239 g/mol. The molecule has 0 saturated heterocycles. The normalized spacial score (nSPS) is 12.3. The fraction of sp³-hybridized carbons (Fsp3) is 0.188. The van der Waals surface area contributed by atoms with Gasteiger partial charge in [-0.25, -0.2) is 0 Å². The summed E-state index contributed by atoms with van der Waals surface area (Å²) in [4.78, 5) is 10.8. The van der Waals surface area contributed by atoms with Crippen molar-refractivity contribution in [1.82, 2.24) is 0 Å². The van der Waals surface area contributed by atoms with Crippen LogP contribution in [0.25, 0.3) is 10.8 Å². The quantitative estimate of drug-likeness (QED) is 0.657. The third kappa shape index (κ3) is 2.59. The van der Waals surface area contributed by atoms with Crippen LogP contribution in [-0.4, -0.2) is 6.29 Å². The first kappa shape index (κ1) is 12.4. The van der Waals surface area contributed by atoms with E-state index < -0.39 is 0 Å². The van der Waals surface area contributed by atoms with Gasteiger partial charge in [0.15, 0.2) is 0 Å². The second kappa shape index (κ2) is 5.50. The highest BCUT2D eigenvalue weighted by Crippen LogP contribution is 2.17. The number of fused-ring (bicyclic) bond motifs is 1. The summed E-state index contributed by atoms with van der Waals surface area (Å²) in [5.41, 5.74) is 8.47. The minimum atomic E-state index is 0.632. The third-order valence-electron chi connectivity index (χ3n) is 3.14. The maximum absolute atomic E-state index is 10.8. The molecule has 0 aliphatic carbocycles. The van der Waals surface area contributed by atoms with E-state index in [9.17, 15) is 4.79 Å². The number of hydrogen-bond acceptors (Lipinski definition) is 2.